The zero-order valence-corrected chi connectivity index (χ0v) is 14.2. The molecule has 24 heavy (non-hydrogen) atoms. The minimum atomic E-state index is -0.320. The van der Waals surface area contributed by atoms with Gasteiger partial charge in [0.15, 0.2) is 0 Å². The van der Waals surface area contributed by atoms with Crippen LogP contribution in [-0.2, 0) is 0 Å². The first-order valence-electron chi connectivity index (χ1n) is 8.16. The molecule has 2 aromatic rings. The van der Waals surface area contributed by atoms with Crippen molar-refractivity contribution >= 4 is 11.7 Å². The Kier molecular flexibility index (Phi) is 4.38. The smallest absolute Gasteiger partial charge is 0.261 e. The number of hydrogen-bond donors (Lipinski definition) is 2. The first kappa shape index (κ1) is 16.2. The zero-order valence-electron chi connectivity index (χ0n) is 14.2. The maximum Gasteiger partial charge on any atom is 0.261 e. The summed E-state index contributed by atoms with van der Waals surface area (Å²) in [5.74, 6) is 0.570. The summed E-state index contributed by atoms with van der Waals surface area (Å²) in [4.78, 5) is 33.9. The fourth-order valence-corrected chi connectivity index (χ4v) is 3.19. The average Bonchev–Trinajstić information content (AvgIpc) is 3.07. The van der Waals surface area contributed by atoms with E-state index < -0.39 is 0 Å². The molecule has 0 bridgehead atoms. The van der Waals surface area contributed by atoms with Gasteiger partial charge in [0.2, 0.25) is 0 Å². The van der Waals surface area contributed by atoms with Crippen LogP contribution in [0.4, 0.5) is 5.82 Å². The molecule has 126 valence electrons. The second kappa shape index (κ2) is 6.47. The molecule has 2 N–H and O–H groups in total. The highest BCUT2D eigenvalue weighted by Gasteiger charge is 2.32. The van der Waals surface area contributed by atoms with Gasteiger partial charge in [-0.15, -0.1) is 0 Å². The van der Waals surface area contributed by atoms with Crippen LogP contribution in [0.5, 0.6) is 0 Å². The molecule has 2 aromatic heterocycles. The fourth-order valence-electron chi connectivity index (χ4n) is 3.19. The Morgan fingerprint density at radius 2 is 2.17 bits per heavy atom. The van der Waals surface area contributed by atoms with Crippen molar-refractivity contribution in [2.24, 2.45) is 0 Å². The van der Waals surface area contributed by atoms with Gasteiger partial charge in [0, 0.05) is 25.5 Å². The summed E-state index contributed by atoms with van der Waals surface area (Å²) in [6, 6.07) is 5.56. The third-order valence-corrected chi connectivity index (χ3v) is 4.67. The Balaban J connectivity index is 1.94. The van der Waals surface area contributed by atoms with Crippen molar-refractivity contribution in [3.05, 3.63) is 57.1 Å². The molecule has 0 saturated carbocycles. The van der Waals surface area contributed by atoms with Crippen molar-refractivity contribution < 1.29 is 4.79 Å². The summed E-state index contributed by atoms with van der Waals surface area (Å²) in [5.41, 5.74) is 2.64. The van der Waals surface area contributed by atoms with E-state index in [1.54, 1.807) is 17.2 Å². The van der Waals surface area contributed by atoms with Crippen LogP contribution in [0.2, 0.25) is 0 Å². The molecule has 0 aromatic carbocycles. The van der Waals surface area contributed by atoms with Crippen LogP contribution in [-0.4, -0.2) is 34.4 Å². The molecule has 1 fully saturated rings. The highest BCUT2D eigenvalue weighted by molar-refractivity contribution is 5.94. The number of nitrogens with one attached hydrogen (secondary N) is 2. The number of pyridine rings is 2. The summed E-state index contributed by atoms with van der Waals surface area (Å²) in [5, 5.41) is 3.02. The van der Waals surface area contributed by atoms with Crippen molar-refractivity contribution in [2.75, 3.05) is 18.9 Å². The number of likely N-dealkylation sites (tertiary alicyclic amines) is 1. The molecule has 1 saturated heterocycles. The number of H-pyrrole nitrogens is 1. The summed E-state index contributed by atoms with van der Waals surface area (Å²) >= 11 is 0. The van der Waals surface area contributed by atoms with Gasteiger partial charge in [-0.05, 0) is 56.0 Å². The topological polar surface area (TPSA) is 78.1 Å². The van der Waals surface area contributed by atoms with E-state index in [9.17, 15) is 9.59 Å². The molecular weight excluding hydrogens is 304 g/mol. The molecule has 6 heteroatoms. The number of amides is 1. The van der Waals surface area contributed by atoms with Crippen LogP contribution >= 0.6 is 0 Å². The van der Waals surface area contributed by atoms with Gasteiger partial charge in [0.05, 0.1) is 6.04 Å². The number of nitrogens with zero attached hydrogens (tertiary/aromatic N) is 2. The second-order valence-corrected chi connectivity index (χ2v) is 6.20. The quantitative estimate of drug-likeness (QED) is 0.908. The number of carbonyl (C=O) groups is 1. The third kappa shape index (κ3) is 2.91. The van der Waals surface area contributed by atoms with E-state index in [2.05, 4.69) is 15.3 Å². The van der Waals surface area contributed by atoms with E-state index in [-0.39, 0.29) is 23.1 Å². The van der Waals surface area contributed by atoms with Crippen LogP contribution in [0.1, 0.15) is 46.1 Å². The van der Waals surface area contributed by atoms with Gasteiger partial charge in [-0.1, -0.05) is 0 Å². The van der Waals surface area contributed by atoms with E-state index in [0.29, 0.717) is 6.54 Å². The maximum absolute atomic E-state index is 12.9. The lowest BCUT2D eigenvalue weighted by Gasteiger charge is -2.25. The van der Waals surface area contributed by atoms with Crippen molar-refractivity contribution in [3.8, 4) is 0 Å². The molecule has 0 spiro atoms. The van der Waals surface area contributed by atoms with Gasteiger partial charge in [-0.2, -0.15) is 0 Å². The Bertz CT molecular complexity index is 828. The normalized spacial score (nSPS) is 17.1. The van der Waals surface area contributed by atoms with Gasteiger partial charge < -0.3 is 15.2 Å². The predicted molar refractivity (Wildman–Crippen MR) is 93.3 cm³/mol. The van der Waals surface area contributed by atoms with Crippen molar-refractivity contribution in [1.29, 1.82) is 0 Å². The SMILES string of the molecule is CNc1cc(C2CCCN2C(=O)c2cc(C)c(C)[nH]c2=O)ccn1. The lowest BCUT2D eigenvalue weighted by Crippen LogP contribution is -2.34. The van der Waals surface area contributed by atoms with E-state index in [1.807, 2.05) is 33.0 Å². The van der Waals surface area contributed by atoms with Crippen LogP contribution in [0, 0.1) is 13.8 Å². The van der Waals surface area contributed by atoms with Gasteiger partial charge in [0.25, 0.3) is 11.5 Å². The van der Waals surface area contributed by atoms with Crippen molar-refractivity contribution in [3.63, 3.8) is 0 Å². The summed E-state index contributed by atoms with van der Waals surface area (Å²) < 4.78 is 0. The summed E-state index contributed by atoms with van der Waals surface area (Å²) in [7, 11) is 1.82. The van der Waals surface area contributed by atoms with Gasteiger partial charge in [0.1, 0.15) is 11.4 Å². The molecule has 1 aliphatic rings. The molecule has 1 atom stereocenters. The van der Waals surface area contributed by atoms with Crippen LogP contribution in [0.15, 0.2) is 29.2 Å². The summed E-state index contributed by atoms with van der Waals surface area (Å²) in [6.07, 6.45) is 3.56. The highest BCUT2D eigenvalue weighted by atomic mass is 16.2. The molecule has 0 aliphatic carbocycles. The van der Waals surface area contributed by atoms with E-state index >= 15 is 0 Å². The number of rotatable bonds is 3. The lowest BCUT2D eigenvalue weighted by atomic mass is 10.0. The van der Waals surface area contributed by atoms with Crippen LogP contribution in [0.3, 0.4) is 0 Å². The summed E-state index contributed by atoms with van der Waals surface area (Å²) in [6.45, 7) is 4.39. The number of aromatic nitrogens is 2. The van der Waals surface area contributed by atoms with Crippen molar-refractivity contribution in [1.82, 2.24) is 14.9 Å². The molecular formula is C18H22N4O2. The maximum atomic E-state index is 12.9. The Morgan fingerprint density at radius 1 is 1.38 bits per heavy atom. The third-order valence-electron chi connectivity index (χ3n) is 4.67. The van der Waals surface area contributed by atoms with E-state index in [0.717, 1.165) is 35.5 Å². The molecule has 6 nitrogen and oxygen atoms in total. The molecule has 3 rings (SSSR count). The highest BCUT2D eigenvalue weighted by Crippen LogP contribution is 2.33. The lowest BCUT2D eigenvalue weighted by molar-refractivity contribution is 0.0733. The number of aryl methyl sites for hydroxylation is 2. The number of carbonyl (C=O) groups excluding carboxylic acids is 1. The first-order chi connectivity index (χ1) is 11.5. The van der Waals surface area contributed by atoms with Crippen molar-refractivity contribution in [2.45, 2.75) is 32.7 Å². The first-order valence-corrected chi connectivity index (χ1v) is 8.16. The molecule has 3 heterocycles. The molecule has 0 radical (unpaired) electrons. The minimum absolute atomic E-state index is 0.0198. The van der Waals surface area contributed by atoms with Gasteiger partial charge >= 0.3 is 0 Å². The van der Waals surface area contributed by atoms with Gasteiger partial charge in [-0.3, -0.25) is 9.59 Å². The number of aromatic amines is 1. The van der Waals surface area contributed by atoms with E-state index in [4.69, 9.17) is 0 Å². The Labute approximate surface area is 140 Å². The second-order valence-electron chi connectivity index (χ2n) is 6.20. The van der Waals surface area contributed by atoms with Gasteiger partial charge in [-0.25, -0.2) is 4.98 Å². The van der Waals surface area contributed by atoms with Crippen LogP contribution < -0.4 is 10.9 Å². The number of anilines is 1. The fraction of sp³-hybridized carbons (Fsp3) is 0.389. The Morgan fingerprint density at radius 3 is 2.92 bits per heavy atom. The Hall–Kier alpha value is -2.63. The predicted octanol–water partition coefficient (Wildman–Crippen LogP) is 2.41. The van der Waals surface area contributed by atoms with E-state index in [1.165, 1.54) is 0 Å². The van der Waals surface area contributed by atoms with Crippen LogP contribution in [0.25, 0.3) is 0 Å². The monoisotopic (exact) mass is 326 g/mol. The zero-order chi connectivity index (χ0) is 17.3. The minimum Gasteiger partial charge on any atom is -0.373 e. The average molecular weight is 326 g/mol. The molecule has 1 aliphatic heterocycles. The molecule has 1 amide bonds. The standard InChI is InChI=1S/C18H22N4O2/c1-11-9-14(17(23)21-12(11)2)18(24)22-8-4-5-15(22)13-6-7-20-16(10-13)19-3/h6-7,9-10,15H,4-5,8H2,1-3H3,(H,19,20)(H,21,23). The molecule has 1 unspecified atom stereocenters. The number of hydrogen-bond acceptors (Lipinski definition) is 4. The largest absolute Gasteiger partial charge is 0.373 e.